The van der Waals surface area contributed by atoms with Crippen LogP contribution in [0.25, 0.3) is 6.08 Å². The molecule has 2 heterocycles. The largest absolute Gasteiger partial charge is 0.454 e. The second-order valence-corrected chi connectivity index (χ2v) is 5.57. The number of benzene rings is 2. The predicted octanol–water partition coefficient (Wildman–Crippen LogP) is 3.76. The first-order chi connectivity index (χ1) is 12.4. The van der Waals surface area contributed by atoms with Crippen LogP contribution in [0.4, 0.5) is 18.9 Å². The molecular formula is C18H11F3N2O3. The van der Waals surface area contributed by atoms with Crippen molar-refractivity contribution in [2.45, 2.75) is 6.18 Å². The van der Waals surface area contributed by atoms with Gasteiger partial charge in [0.15, 0.2) is 17.2 Å². The first kappa shape index (κ1) is 16.2. The molecule has 0 saturated heterocycles. The number of rotatable bonds is 2. The predicted molar refractivity (Wildman–Crippen MR) is 88.0 cm³/mol. The third kappa shape index (κ3) is 2.79. The van der Waals surface area contributed by atoms with Crippen LogP contribution in [-0.2, 0) is 4.79 Å². The van der Waals surface area contributed by atoms with Gasteiger partial charge in [-0.25, -0.2) is 0 Å². The van der Waals surface area contributed by atoms with E-state index < -0.39 is 23.4 Å². The van der Waals surface area contributed by atoms with Crippen LogP contribution in [0.5, 0.6) is 11.5 Å². The van der Waals surface area contributed by atoms with E-state index in [2.05, 4.69) is 5.10 Å². The van der Waals surface area contributed by atoms with Gasteiger partial charge in [-0.2, -0.15) is 23.3 Å². The summed E-state index contributed by atoms with van der Waals surface area (Å²) >= 11 is 0. The molecule has 0 N–H and O–H groups in total. The molecule has 1 amide bonds. The zero-order valence-electron chi connectivity index (χ0n) is 13.2. The smallest absolute Gasteiger partial charge is 0.435 e. The molecule has 0 unspecified atom stereocenters. The van der Waals surface area contributed by atoms with Crippen molar-refractivity contribution in [3.63, 3.8) is 0 Å². The summed E-state index contributed by atoms with van der Waals surface area (Å²) in [6, 6.07) is 12.6. The number of carbonyl (C=O) groups is 1. The van der Waals surface area contributed by atoms with Crippen molar-refractivity contribution in [2.75, 3.05) is 11.8 Å². The average Bonchev–Trinajstić information content (AvgIpc) is 3.20. The summed E-state index contributed by atoms with van der Waals surface area (Å²) in [4.78, 5) is 12.6. The fraction of sp³-hybridized carbons (Fsp3) is 0.111. The van der Waals surface area contributed by atoms with Gasteiger partial charge in [0.1, 0.15) is 0 Å². The highest BCUT2D eigenvalue weighted by atomic mass is 19.4. The molecule has 2 aliphatic heterocycles. The van der Waals surface area contributed by atoms with E-state index in [1.54, 1.807) is 30.3 Å². The van der Waals surface area contributed by atoms with Gasteiger partial charge < -0.3 is 9.47 Å². The number of hydrogen-bond donors (Lipinski definition) is 0. The maximum atomic E-state index is 13.4. The van der Waals surface area contributed by atoms with Crippen LogP contribution < -0.4 is 14.5 Å². The Morgan fingerprint density at radius 3 is 2.50 bits per heavy atom. The molecule has 5 nitrogen and oxygen atoms in total. The van der Waals surface area contributed by atoms with Gasteiger partial charge in [-0.3, -0.25) is 4.79 Å². The molecule has 2 aromatic rings. The van der Waals surface area contributed by atoms with Crippen LogP contribution in [-0.4, -0.2) is 24.6 Å². The summed E-state index contributed by atoms with van der Waals surface area (Å²) in [6.07, 6.45) is -3.61. The SMILES string of the molecule is O=C1/C(=C\c2ccc3c(c2)OCO3)C(C(F)(F)F)=NN1c1ccccc1. The van der Waals surface area contributed by atoms with Crippen molar-refractivity contribution in [2.24, 2.45) is 5.10 Å². The zero-order chi connectivity index (χ0) is 18.3. The number of halogens is 3. The van der Waals surface area contributed by atoms with Crippen molar-refractivity contribution < 1.29 is 27.4 Å². The molecule has 2 aliphatic rings. The molecule has 0 spiro atoms. The number of alkyl halides is 3. The molecule has 0 fully saturated rings. The molecule has 0 radical (unpaired) electrons. The monoisotopic (exact) mass is 360 g/mol. The van der Waals surface area contributed by atoms with E-state index in [9.17, 15) is 18.0 Å². The third-order valence-corrected chi connectivity index (χ3v) is 3.85. The molecule has 132 valence electrons. The van der Waals surface area contributed by atoms with E-state index in [1.165, 1.54) is 18.2 Å². The maximum Gasteiger partial charge on any atom is 0.435 e. The number of anilines is 1. The number of fused-ring (bicyclic) bond motifs is 1. The van der Waals surface area contributed by atoms with Gasteiger partial charge in [0.2, 0.25) is 6.79 Å². The highest BCUT2D eigenvalue weighted by Gasteiger charge is 2.46. The lowest BCUT2D eigenvalue weighted by molar-refractivity contribution is -0.114. The molecule has 0 aromatic heterocycles. The van der Waals surface area contributed by atoms with E-state index in [1.807, 2.05) is 0 Å². The van der Waals surface area contributed by atoms with Gasteiger partial charge in [0.25, 0.3) is 5.91 Å². The minimum absolute atomic E-state index is 0.0470. The summed E-state index contributed by atoms with van der Waals surface area (Å²) in [5, 5.41) is 4.26. The van der Waals surface area contributed by atoms with Crippen LogP contribution in [0.15, 0.2) is 59.2 Å². The third-order valence-electron chi connectivity index (χ3n) is 3.85. The minimum atomic E-state index is -4.76. The zero-order valence-corrected chi connectivity index (χ0v) is 13.2. The Morgan fingerprint density at radius 2 is 1.77 bits per heavy atom. The molecule has 2 aromatic carbocycles. The van der Waals surface area contributed by atoms with Crippen molar-refractivity contribution in [3.8, 4) is 11.5 Å². The van der Waals surface area contributed by atoms with Gasteiger partial charge in [-0.1, -0.05) is 24.3 Å². The molecule has 4 rings (SSSR count). The first-order valence-corrected chi connectivity index (χ1v) is 7.60. The van der Waals surface area contributed by atoms with E-state index in [4.69, 9.17) is 9.47 Å². The lowest BCUT2D eigenvalue weighted by Crippen LogP contribution is -2.25. The van der Waals surface area contributed by atoms with Gasteiger partial charge >= 0.3 is 6.18 Å². The van der Waals surface area contributed by atoms with E-state index in [-0.39, 0.29) is 12.5 Å². The van der Waals surface area contributed by atoms with Crippen molar-refractivity contribution >= 4 is 23.4 Å². The van der Waals surface area contributed by atoms with E-state index in [0.29, 0.717) is 17.1 Å². The Labute approximate surface area is 145 Å². The molecular weight excluding hydrogens is 349 g/mol. The summed E-state index contributed by atoms with van der Waals surface area (Å²) in [5.41, 5.74) is -1.12. The van der Waals surface area contributed by atoms with Crippen LogP contribution in [0.2, 0.25) is 0 Å². The lowest BCUT2D eigenvalue weighted by atomic mass is 10.1. The first-order valence-electron chi connectivity index (χ1n) is 7.60. The number of amides is 1. The second kappa shape index (κ2) is 5.91. The van der Waals surface area contributed by atoms with Crippen molar-refractivity contribution in [1.29, 1.82) is 0 Å². The number of ether oxygens (including phenoxy) is 2. The van der Waals surface area contributed by atoms with Gasteiger partial charge in [0.05, 0.1) is 11.3 Å². The van der Waals surface area contributed by atoms with Crippen LogP contribution >= 0.6 is 0 Å². The summed E-state index contributed by atoms with van der Waals surface area (Å²) in [5.74, 6) is 0.0666. The fourth-order valence-electron chi connectivity index (χ4n) is 2.67. The number of hydrazone groups is 1. The van der Waals surface area contributed by atoms with Crippen LogP contribution in [0.1, 0.15) is 5.56 Å². The molecule has 8 heteroatoms. The molecule has 0 aliphatic carbocycles. The number of hydrogen-bond acceptors (Lipinski definition) is 4. The summed E-state index contributed by atoms with van der Waals surface area (Å²) < 4.78 is 50.6. The van der Waals surface area contributed by atoms with Gasteiger partial charge in [-0.05, 0) is 35.9 Å². The fourth-order valence-corrected chi connectivity index (χ4v) is 2.67. The number of para-hydroxylation sites is 1. The summed E-state index contributed by atoms with van der Waals surface area (Å²) in [6.45, 7) is 0.0470. The van der Waals surface area contributed by atoms with Gasteiger partial charge in [0, 0.05) is 0 Å². The standard InChI is InChI=1S/C18H11F3N2O3/c19-18(20,21)16-13(8-11-6-7-14-15(9-11)26-10-25-14)17(24)23(22-16)12-4-2-1-3-5-12/h1-9H,10H2/b13-8-. The quantitative estimate of drug-likeness (QED) is 0.767. The molecule has 0 saturated carbocycles. The Bertz CT molecular complexity index is 936. The van der Waals surface area contributed by atoms with Gasteiger partial charge in [-0.15, -0.1) is 0 Å². The number of carbonyl (C=O) groups excluding carboxylic acids is 1. The van der Waals surface area contributed by atoms with Crippen molar-refractivity contribution in [1.82, 2.24) is 0 Å². The topological polar surface area (TPSA) is 51.1 Å². The summed E-state index contributed by atoms with van der Waals surface area (Å²) in [7, 11) is 0. The highest BCUT2D eigenvalue weighted by molar-refractivity contribution is 6.34. The van der Waals surface area contributed by atoms with E-state index in [0.717, 1.165) is 11.1 Å². The molecule has 0 atom stereocenters. The van der Waals surface area contributed by atoms with Crippen LogP contribution in [0.3, 0.4) is 0 Å². The normalized spacial score (nSPS) is 17.8. The Balaban J connectivity index is 1.77. The Hall–Kier alpha value is -3.29. The molecule has 0 bridgehead atoms. The average molecular weight is 360 g/mol. The Kier molecular flexibility index (Phi) is 3.68. The number of nitrogens with zero attached hydrogens (tertiary/aromatic N) is 2. The maximum absolute atomic E-state index is 13.4. The Morgan fingerprint density at radius 1 is 1.04 bits per heavy atom. The highest BCUT2D eigenvalue weighted by Crippen LogP contribution is 2.35. The van der Waals surface area contributed by atoms with Crippen LogP contribution in [0, 0.1) is 0 Å². The lowest BCUT2D eigenvalue weighted by Gasteiger charge is -2.10. The van der Waals surface area contributed by atoms with Crippen molar-refractivity contribution in [3.05, 3.63) is 59.7 Å². The second-order valence-electron chi connectivity index (χ2n) is 5.57. The minimum Gasteiger partial charge on any atom is -0.454 e. The molecule has 26 heavy (non-hydrogen) atoms. The van der Waals surface area contributed by atoms with E-state index >= 15 is 0 Å².